The summed E-state index contributed by atoms with van der Waals surface area (Å²) in [6.07, 6.45) is 1.33. The SMILES string of the molecule is O=C(COc1ccc(Cl)cc1Br)N/N=C/c1ccc([N+](=O)[O-])s1. The second kappa shape index (κ2) is 8.04. The van der Waals surface area contributed by atoms with E-state index in [1.54, 1.807) is 24.3 Å². The zero-order chi connectivity index (χ0) is 16.8. The van der Waals surface area contributed by atoms with E-state index in [9.17, 15) is 14.9 Å². The number of hydrogen-bond acceptors (Lipinski definition) is 6. The third-order valence-electron chi connectivity index (χ3n) is 2.43. The third-order valence-corrected chi connectivity index (χ3v) is 4.25. The number of benzene rings is 1. The Balaban J connectivity index is 1.82. The number of nitrogens with zero attached hydrogens (tertiary/aromatic N) is 2. The maximum atomic E-state index is 11.6. The first kappa shape index (κ1) is 17.4. The summed E-state index contributed by atoms with van der Waals surface area (Å²) in [6, 6.07) is 7.83. The fraction of sp³-hybridized carbons (Fsp3) is 0.0769. The number of carbonyl (C=O) groups excluding carboxylic acids is 1. The van der Waals surface area contributed by atoms with Crippen molar-refractivity contribution >= 4 is 56.0 Å². The maximum absolute atomic E-state index is 11.6. The van der Waals surface area contributed by atoms with Gasteiger partial charge in [-0.1, -0.05) is 22.9 Å². The number of nitrogens with one attached hydrogen (secondary N) is 1. The highest BCUT2D eigenvalue weighted by molar-refractivity contribution is 9.10. The van der Waals surface area contributed by atoms with Crippen LogP contribution >= 0.6 is 38.9 Å². The van der Waals surface area contributed by atoms with E-state index in [1.807, 2.05) is 0 Å². The van der Waals surface area contributed by atoms with Crippen LogP contribution in [0.2, 0.25) is 5.02 Å². The van der Waals surface area contributed by atoms with Crippen LogP contribution in [0.4, 0.5) is 5.00 Å². The van der Waals surface area contributed by atoms with Crippen LogP contribution in [0.25, 0.3) is 0 Å². The molecule has 2 rings (SSSR count). The summed E-state index contributed by atoms with van der Waals surface area (Å²) in [5.41, 5.74) is 2.27. The lowest BCUT2D eigenvalue weighted by molar-refractivity contribution is -0.380. The number of rotatable bonds is 6. The van der Waals surface area contributed by atoms with E-state index in [0.29, 0.717) is 20.1 Å². The molecule has 0 spiro atoms. The first-order chi connectivity index (χ1) is 11.0. The average Bonchev–Trinajstić information content (AvgIpc) is 2.95. The Morgan fingerprint density at radius 1 is 1.48 bits per heavy atom. The summed E-state index contributed by atoms with van der Waals surface area (Å²) in [7, 11) is 0. The van der Waals surface area contributed by atoms with Crippen molar-refractivity contribution in [2.24, 2.45) is 5.10 Å². The number of amides is 1. The first-order valence-corrected chi connectivity index (χ1v) is 8.08. The van der Waals surface area contributed by atoms with Crippen molar-refractivity contribution in [1.82, 2.24) is 5.43 Å². The zero-order valence-corrected chi connectivity index (χ0v) is 14.5. The Kier molecular flexibility index (Phi) is 6.08. The van der Waals surface area contributed by atoms with E-state index in [0.717, 1.165) is 11.3 Å². The molecule has 0 aliphatic heterocycles. The van der Waals surface area contributed by atoms with E-state index in [4.69, 9.17) is 16.3 Å². The highest BCUT2D eigenvalue weighted by atomic mass is 79.9. The largest absolute Gasteiger partial charge is 0.483 e. The fourth-order valence-corrected chi connectivity index (χ4v) is 2.94. The number of hydrazone groups is 1. The molecular weight excluding hydrogens is 410 g/mol. The number of ether oxygens (including phenoxy) is 1. The summed E-state index contributed by atoms with van der Waals surface area (Å²) < 4.78 is 5.95. The zero-order valence-electron chi connectivity index (χ0n) is 11.4. The molecule has 0 unspecified atom stereocenters. The first-order valence-electron chi connectivity index (χ1n) is 6.09. The van der Waals surface area contributed by atoms with E-state index < -0.39 is 10.8 Å². The van der Waals surface area contributed by atoms with E-state index >= 15 is 0 Å². The second-order valence-electron chi connectivity index (χ2n) is 4.09. The van der Waals surface area contributed by atoms with Crippen LogP contribution < -0.4 is 10.2 Å². The van der Waals surface area contributed by atoms with Gasteiger partial charge in [-0.3, -0.25) is 14.9 Å². The Bertz CT molecular complexity index is 765. The molecule has 0 atom stereocenters. The second-order valence-corrected chi connectivity index (χ2v) is 6.47. The van der Waals surface area contributed by atoms with Gasteiger partial charge in [-0.05, 0) is 40.2 Å². The molecule has 0 fully saturated rings. The van der Waals surface area contributed by atoms with E-state index in [2.05, 4.69) is 26.5 Å². The van der Waals surface area contributed by atoms with Crippen molar-refractivity contribution in [2.75, 3.05) is 6.61 Å². The molecule has 0 bridgehead atoms. The lowest BCUT2D eigenvalue weighted by Crippen LogP contribution is -2.24. The van der Waals surface area contributed by atoms with Crippen LogP contribution in [-0.4, -0.2) is 23.7 Å². The highest BCUT2D eigenvalue weighted by Crippen LogP contribution is 2.27. The molecule has 2 aromatic rings. The highest BCUT2D eigenvalue weighted by Gasteiger charge is 2.08. The normalized spacial score (nSPS) is 10.7. The molecule has 0 radical (unpaired) electrons. The van der Waals surface area contributed by atoms with Gasteiger partial charge in [0.15, 0.2) is 6.61 Å². The lowest BCUT2D eigenvalue weighted by atomic mass is 10.3. The molecule has 1 N–H and O–H groups in total. The number of hydrogen-bond donors (Lipinski definition) is 1. The van der Waals surface area contributed by atoms with Gasteiger partial charge >= 0.3 is 5.00 Å². The molecule has 10 heteroatoms. The van der Waals surface area contributed by atoms with Gasteiger partial charge in [0, 0.05) is 11.1 Å². The van der Waals surface area contributed by atoms with Crippen LogP contribution in [0.15, 0.2) is 39.9 Å². The quantitative estimate of drug-likeness (QED) is 0.440. The minimum atomic E-state index is -0.488. The summed E-state index contributed by atoms with van der Waals surface area (Å²) in [4.78, 5) is 22.2. The number of nitro groups is 1. The van der Waals surface area contributed by atoms with E-state index in [1.165, 1.54) is 12.3 Å². The Morgan fingerprint density at radius 3 is 2.91 bits per heavy atom. The lowest BCUT2D eigenvalue weighted by Gasteiger charge is -2.07. The van der Waals surface area contributed by atoms with Crippen molar-refractivity contribution in [3.05, 3.63) is 54.8 Å². The summed E-state index contributed by atoms with van der Waals surface area (Å²) in [5, 5.41) is 14.8. The molecule has 7 nitrogen and oxygen atoms in total. The standard InChI is InChI=1S/C13H9BrClN3O4S/c14-10-5-8(15)1-3-11(10)22-7-12(19)17-16-6-9-2-4-13(23-9)18(20)21/h1-6H,7H2,(H,17,19)/b16-6+. The van der Waals surface area contributed by atoms with Crippen LogP contribution in [0.3, 0.4) is 0 Å². The van der Waals surface area contributed by atoms with Gasteiger partial charge in [0.05, 0.1) is 20.5 Å². The van der Waals surface area contributed by atoms with Gasteiger partial charge in [-0.25, -0.2) is 5.43 Å². The molecule has 1 heterocycles. The van der Waals surface area contributed by atoms with Gasteiger partial charge < -0.3 is 4.74 Å². The van der Waals surface area contributed by atoms with Crippen molar-refractivity contribution in [3.63, 3.8) is 0 Å². The molecule has 1 aromatic carbocycles. The van der Waals surface area contributed by atoms with Crippen LogP contribution in [0.1, 0.15) is 4.88 Å². The van der Waals surface area contributed by atoms with Gasteiger partial charge in [-0.2, -0.15) is 5.10 Å². The Labute approximate surface area is 148 Å². The van der Waals surface area contributed by atoms with Crippen molar-refractivity contribution in [3.8, 4) is 5.75 Å². The molecule has 1 amide bonds. The summed E-state index contributed by atoms with van der Waals surface area (Å²) >= 11 is 10.0. The molecular formula is C13H9BrClN3O4S. The number of thiophene rings is 1. The summed E-state index contributed by atoms with van der Waals surface area (Å²) in [6.45, 7) is -0.234. The molecule has 0 aliphatic rings. The monoisotopic (exact) mass is 417 g/mol. The van der Waals surface area contributed by atoms with Gasteiger partial charge in [0.2, 0.25) is 0 Å². The molecule has 0 saturated heterocycles. The molecule has 0 aliphatic carbocycles. The average molecular weight is 419 g/mol. The van der Waals surface area contributed by atoms with E-state index in [-0.39, 0.29) is 11.6 Å². The third kappa shape index (κ3) is 5.31. The number of halogens is 2. The minimum Gasteiger partial charge on any atom is -0.483 e. The molecule has 1 aromatic heterocycles. The predicted octanol–water partition coefficient (Wildman–Crippen LogP) is 3.60. The van der Waals surface area contributed by atoms with Crippen molar-refractivity contribution in [2.45, 2.75) is 0 Å². The van der Waals surface area contributed by atoms with Crippen molar-refractivity contribution in [1.29, 1.82) is 0 Å². The molecule has 23 heavy (non-hydrogen) atoms. The smallest absolute Gasteiger partial charge is 0.324 e. The van der Waals surface area contributed by atoms with Crippen LogP contribution in [0, 0.1) is 10.1 Å². The summed E-state index contributed by atoms with van der Waals surface area (Å²) in [5.74, 6) is 0.0107. The Hall–Kier alpha value is -1.97. The van der Waals surface area contributed by atoms with Crippen LogP contribution in [0.5, 0.6) is 5.75 Å². The Morgan fingerprint density at radius 2 is 2.26 bits per heavy atom. The molecule has 120 valence electrons. The fourth-order valence-electron chi connectivity index (χ4n) is 1.45. The van der Waals surface area contributed by atoms with Gasteiger partial charge in [0.25, 0.3) is 5.91 Å². The predicted molar refractivity (Wildman–Crippen MR) is 91.4 cm³/mol. The van der Waals surface area contributed by atoms with Crippen molar-refractivity contribution < 1.29 is 14.5 Å². The maximum Gasteiger partial charge on any atom is 0.324 e. The van der Waals surface area contributed by atoms with Gasteiger partial charge in [0.1, 0.15) is 5.75 Å². The van der Waals surface area contributed by atoms with Gasteiger partial charge in [-0.15, -0.1) is 0 Å². The number of carbonyl (C=O) groups is 1. The topological polar surface area (TPSA) is 93.8 Å². The molecule has 0 saturated carbocycles. The minimum absolute atomic E-state index is 0.00805. The van der Waals surface area contributed by atoms with Crippen LogP contribution in [-0.2, 0) is 4.79 Å².